The van der Waals surface area contributed by atoms with Crippen LogP contribution in [-0.2, 0) is 6.54 Å². The number of amides is 3. The number of nitrogens with zero attached hydrogens (tertiary/aromatic N) is 1. The maximum Gasteiger partial charge on any atom is 0.336 e. The van der Waals surface area contributed by atoms with Gasteiger partial charge in [0, 0.05) is 13.6 Å². The predicted octanol–water partition coefficient (Wildman–Crippen LogP) is 2.89. The molecule has 2 N–H and O–H groups in total. The Labute approximate surface area is 131 Å². The van der Waals surface area contributed by atoms with Crippen LogP contribution in [0.2, 0.25) is 4.34 Å². The summed E-state index contributed by atoms with van der Waals surface area (Å²) in [5, 5.41) is 0. The van der Waals surface area contributed by atoms with Crippen LogP contribution in [0.5, 0.6) is 0 Å². The molecular formula is C14H14ClN3O2S. The molecule has 1 aromatic carbocycles. The first-order chi connectivity index (χ1) is 10.1. The van der Waals surface area contributed by atoms with Crippen molar-refractivity contribution in [2.45, 2.75) is 6.54 Å². The monoisotopic (exact) mass is 323 g/mol. The van der Waals surface area contributed by atoms with Gasteiger partial charge < -0.3 is 4.90 Å². The topological polar surface area (TPSA) is 61.4 Å². The average Bonchev–Trinajstić information content (AvgIpc) is 2.92. The second kappa shape index (κ2) is 7.10. The predicted molar refractivity (Wildman–Crippen MR) is 83.2 cm³/mol. The van der Waals surface area contributed by atoms with Crippen LogP contribution in [0.3, 0.4) is 0 Å². The Bertz CT molecular complexity index is 630. The van der Waals surface area contributed by atoms with Crippen LogP contribution in [-0.4, -0.2) is 23.9 Å². The number of hydrogen-bond acceptors (Lipinski definition) is 3. The van der Waals surface area contributed by atoms with Gasteiger partial charge in [0.1, 0.15) is 0 Å². The number of nitrogens with one attached hydrogen (secondary N) is 2. The zero-order valence-corrected chi connectivity index (χ0v) is 12.9. The van der Waals surface area contributed by atoms with E-state index in [1.54, 1.807) is 19.2 Å². The van der Waals surface area contributed by atoms with Gasteiger partial charge in [0.15, 0.2) is 0 Å². The second-order valence-corrected chi connectivity index (χ2v) is 6.04. The lowest BCUT2D eigenvalue weighted by molar-refractivity contribution is 0.0935. The lowest BCUT2D eigenvalue weighted by Gasteiger charge is -2.18. The van der Waals surface area contributed by atoms with E-state index >= 15 is 0 Å². The maximum atomic E-state index is 11.9. The minimum atomic E-state index is -0.395. The van der Waals surface area contributed by atoms with Gasteiger partial charge in [0.25, 0.3) is 5.91 Å². The molecule has 21 heavy (non-hydrogen) atoms. The van der Waals surface area contributed by atoms with E-state index in [2.05, 4.69) is 10.9 Å². The zero-order valence-electron chi connectivity index (χ0n) is 11.3. The Morgan fingerprint density at radius 2 is 1.86 bits per heavy atom. The third kappa shape index (κ3) is 4.47. The lowest BCUT2D eigenvalue weighted by atomic mass is 10.2. The molecule has 0 atom stereocenters. The van der Waals surface area contributed by atoms with E-state index in [9.17, 15) is 9.59 Å². The van der Waals surface area contributed by atoms with Crippen molar-refractivity contribution in [1.29, 1.82) is 0 Å². The highest BCUT2D eigenvalue weighted by atomic mass is 35.5. The van der Waals surface area contributed by atoms with Gasteiger partial charge in [-0.3, -0.25) is 10.2 Å². The SMILES string of the molecule is CN(Cc1ccccc1)C(=O)NNC(=O)c1ccc(Cl)s1. The molecule has 0 saturated carbocycles. The first-order valence-electron chi connectivity index (χ1n) is 6.17. The smallest absolute Gasteiger partial charge is 0.322 e. The molecule has 7 heteroatoms. The van der Waals surface area contributed by atoms with Crippen LogP contribution in [0, 0.1) is 0 Å². The number of thiophene rings is 1. The molecule has 0 aliphatic carbocycles. The molecule has 1 heterocycles. The van der Waals surface area contributed by atoms with Crippen LogP contribution < -0.4 is 10.9 Å². The van der Waals surface area contributed by atoms with Crippen molar-refractivity contribution in [3.63, 3.8) is 0 Å². The van der Waals surface area contributed by atoms with E-state index in [0.717, 1.165) is 16.9 Å². The summed E-state index contributed by atoms with van der Waals surface area (Å²) in [4.78, 5) is 25.5. The van der Waals surface area contributed by atoms with Crippen molar-refractivity contribution in [1.82, 2.24) is 15.8 Å². The van der Waals surface area contributed by atoms with Crippen LogP contribution >= 0.6 is 22.9 Å². The average molecular weight is 324 g/mol. The highest BCUT2D eigenvalue weighted by molar-refractivity contribution is 7.17. The van der Waals surface area contributed by atoms with Gasteiger partial charge in [0.2, 0.25) is 0 Å². The van der Waals surface area contributed by atoms with E-state index in [4.69, 9.17) is 11.6 Å². The number of rotatable bonds is 3. The molecule has 0 fully saturated rings. The van der Waals surface area contributed by atoms with Gasteiger partial charge in [-0.2, -0.15) is 0 Å². The minimum Gasteiger partial charge on any atom is -0.322 e. The number of halogens is 1. The molecule has 0 aliphatic heterocycles. The van der Waals surface area contributed by atoms with Crippen LogP contribution in [0.4, 0.5) is 4.79 Å². The summed E-state index contributed by atoms with van der Waals surface area (Å²) in [5.41, 5.74) is 5.72. The highest BCUT2D eigenvalue weighted by Gasteiger charge is 2.12. The number of urea groups is 1. The molecule has 110 valence electrons. The van der Waals surface area contributed by atoms with Gasteiger partial charge >= 0.3 is 6.03 Å². The first-order valence-corrected chi connectivity index (χ1v) is 7.36. The van der Waals surface area contributed by atoms with Crippen LogP contribution in [0.25, 0.3) is 0 Å². The Morgan fingerprint density at radius 3 is 2.48 bits per heavy atom. The number of hydrogen-bond donors (Lipinski definition) is 2. The number of benzene rings is 1. The normalized spacial score (nSPS) is 10.0. The molecule has 2 aromatic rings. The number of carbonyl (C=O) groups excluding carboxylic acids is 2. The third-order valence-electron chi connectivity index (χ3n) is 2.69. The van der Waals surface area contributed by atoms with Gasteiger partial charge in [-0.05, 0) is 17.7 Å². The summed E-state index contributed by atoms with van der Waals surface area (Å²) in [7, 11) is 1.65. The molecule has 3 amide bonds. The van der Waals surface area contributed by atoms with Crippen LogP contribution in [0.15, 0.2) is 42.5 Å². The van der Waals surface area contributed by atoms with Crippen molar-refractivity contribution in [2.24, 2.45) is 0 Å². The van der Waals surface area contributed by atoms with E-state index < -0.39 is 11.9 Å². The standard InChI is InChI=1S/C14H14ClN3O2S/c1-18(9-10-5-3-2-4-6-10)14(20)17-16-13(19)11-7-8-12(15)21-11/h2-8H,9H2,1H3,(H,16,19)(H,17,20). The van der Waals surface area contributed by atoms with Crippen molar-refractivity contribution >= 4 is 34.9 Å². The van der Waals surface area contributed by atoms with Gasteiger partial charge in [-0.25, -0.2) is 10.2 Å². The molecule has 0 unspecified atom stereocenters. The van der Waals surface area contributed by atoms with E-state index in [-0.39, 0.29) is 0 Å². The Kier molecular flexibility index (Phi) is 5.19. The fourth-order valence-electron chi connectivity index (χ4n) is 1.63. The molecule has 0 saturated heterocycles. The summed E-state index contributed by atoms with van der Waals surface area (Å²) in [6.07, 6.45) is 0. The molecule has 2 rings (SSSR count). The summed E-state index contributed by atoms with van der Waals surface area (Å²) in [6.45, 7) is 0.452. The van der Waals surface area contributed by atoms with Gasteiger partial charge in [-0.15, -0.1) is 11.3 Å². The summed E-state index contributed by atoms with van der Waals surface area (Å²) in [5.74, 6) is -0.395. The quantitative estimate of drug-likeness (QED) is 0.853. The van der Waals surface area contributed by atoms with E-state index in [1.165, 1.54) is 4.90 Å². The maximum absolute atomic E-state index is 11.9. The van der Waals surface area contributed by atoms with Crippen molar-refractivity contribution in [3.8, 4) is 0 Å². The molecule has 0 aliphatic rings. The molecule has 0 bridgehead atoms. The Morgan fingerprint density at radius 1 is 1.14 bits per heavy atom. The molecule has 5 nitrogen and oxygen atoms in total. The lowest BCUT2D eigenvalue weighted by Crippen LogP contribution is -2.47. The largest absolute Gasteiger partial charge is 0.336 e. The summed E-state index contributed by atoms with van der Waals surface area (Å²) in [6, 6.07) is 12.4. The Balaban J connectivity index is 1.82. The number of hydrazine groups is 1. The number of carbonyl (C=O) groups is 2. The fraction of sp³-hybridized carbons (Fsp3) is 0.143. The first kappa shape index (κ1) is 15.3. The Hall–Kier alpha value is -2.05. The second-order valence-electron chi connectivity index (χ2n) is 4.33. The van der Waals surface area contributed by atoms with E-state index in [1.807, 2.05) is 30.3 Å². The van der Waals surface area contributed by atoms with Crippen LogP contribution in [0.1, 0.15) is 15.2 Å². The molecule has 1 aromatic heterocycles. The zero-order chi connectivity index (χ0) is 15.2. The molecule has 0 radical (unpaired) electrons. The van der Waals surface area contributed by atoms with Crippen molar-refractivity contribution < 1.29 is 9.59 Å². The summed E-state index contributed by atoms with van der Waals surface area (Å²) < 4.78 is 0.521. The van der Waals surface area contributed by atoms with Gasteiger partial charge in [0.05, 0.1) is 9.21 Å². The fourth-order valence-corrected chi connectivity index (χ4v) is 2.57. The highest BCUT2D eigenvalue weighted by Crippen LogP contribution is 2.20. The minimum absolute atomic E-state index is 0.394. The van der Waals surface area contributed by atoms with Crippen molar-refractivity contribution in [2.75, 3.05) is 7.05 Å². The molecule has 0 spiro atoms. The molecular weight excluding hydrogens is 310 g/mol. The summed E-state index contributed by atoms with van der Waals surface area (Å²) >= 11 is 6.90. The third-order valence-corrected chi connectivity index (χ3v) is 3.92. The van der Waals surface area contributed by atoms with E-state index in [0.29, 0.717) is 15.8 Å². The van der Waals surface area contributed by atoms with Gasteiger partial charge in [-0.1, -0.05) is 41.9 Å². The van der Waals surface area contributed by atoms with Crippen molar-refractivity contribution in [3.05, 3.63) is 57.2 Å².